The van der Waals surface area contributed by atoms with Crippen molar-refractivity contribution in [2.75, 3.05) is 13.7 Å². The number of carbonyl (C=O) groups is 1. The minimum Gasteiger partial charge on any atom is -0.497 e. The first kappa shape index (κ1) is 22.8. The van der Waals surface area contributed by atoms with Crippen molar-refractivity contribution < 1.29 is 9.53 Å². The Morgan fingerprint density at radius 2 is 1.62 bits per heavy atom. The van der Waals surface area contributed by atoms with E-state index in [2.05, 4.69) is 9.97 Å². The molecule has 0 saturated heterocycles. The van der Waals surface area contributed by atoms with Crippen LogP contribution in [0.15, 0.2) is 83.7 Å². The second-order valence-corrected chi connectivity index (χ2v) is 9.26. The van der Waals surface area contributed by atoms with Crippen LogP contribution in [0.4, 0.5) is 0 Å². The van der Waals surface area contributed by atoms with Gasteiger partial charge in [0.15, 0.2) is 5.82 Å². The second kappa shape index (κ2) is 9.46. The minimum absolute atomic E-state index is 0.00296. The molecule has 0 spiro atoms. The molecule has 1 amide bonds. The normalized spacial score (nSPS) is 13.1. The molecule has 0 aliphatic carbocycles. The van der Waals surface area contributed by atoms with Crippen LogP contribution in [0.3, 0.4) is 0 Å². The number of methoxy groups -OCH3 is 1. The standard InChI is InChI=1S/C29H27N5O3/c1-37-22-13-11-21(12-14-22)17-33-26-19-32(29(36)27-30-24-9-5-6-10-25(24)31-27)16-15-23(26)28(35)34(33)18-20-7-3-2-4-8-20/h2-14H,15-19H2,1H3,(H,30,31). The number of ether oxygens (including phenoxy) is 1. The van der Waals surface area contributed by atoms with E-state index in [1.807, 2.05) is 83.5 Å². The Morgan fingerprint density at radius 1 is 0.919 bits per heavy atom. The van der Waals surface area contributed by atoms with Gasteiger partial charge in [0, 0.05) is 12.1 Å². The Bertz CT molecular complexity index is 1600. The number of aromatic nitrogens is 4. The van der Waals surface area contributed by atoms with E-state index in [4.69, 9.17) is 4.74 Å². The molecular formula is C29H27N5O3. The van der Waals surface area contributed by atoms with E-state index in [0.717, 1.165) is 39.2 Å². The zero-order chi connectivity index (χ0) is 25.4. The number of fused-ring (bicyclic) bond motifs is 2. The van der Waals surface area contributed by atoms with Crippen molar-refractivity contribution >= 4 is 16.9 Å². The molecule has 1 aliphatic rings. The molecule has 6 rings (SSSR count). The van der Waals surface area contributed by atoms with Crippen LogP contribution in [0, 0.1) is 0 Å². The monoisotopic (exact) mass is 493 g/mol. The number of nitrogens with one attached hydrogen (secondary N) is 1. The highest BCUT2D eigenvalue weighted by atomic mass is 16.5. The van der Waals surface area contributed by atoms with Crippen LogP contribution in [0.5, 0.6) is 5.75 Å². The van der Waals surface area contributed by atoms with Crippen molar-refractivity contribution in [3.63, 3.8) is 0 Å². The number of H-pyrrole nitrogens is 1. The first-order valence-electron chi connectivity index (χ1n) is 12.3. The predicted octanol–water partition coefficient (Wildman–Crippen LogP) is 3.83. The molecule has 2 aromatic heterocycles. The number of rotatable bonds is 6. The number of aromatic amines is 1. The van der Waals surface area contributed by atoms with Gasteiger partial charge in [0.1, 0.15) is 5.75 Å². The van der Waals surface area contributed by atoms with Crippen molar-refractivity contribution in [1.82, 2.24) is 24.2 Å². The van der Waals surface area contributed by atoms with Crippen LogP contribution in [0.1, 0.15) is 33.0 Å². The van der Waals surface area contributed by atoms with Crippen LogP contribution >= 0.6 is 0 Å². The van der Waals surface area contributed by atoms with Crippen molar-refractivity contribution in [2.24, 2.45) is 0 Å². The van der Waals surface area contributed by atoms with Gasteiger partial charge in [-0.3, -0.25) is 14.3 Å². The average Bonchev–Trinajstić information content (AvgIpc) is 3.49. The van der Waals surface area contributed by atoms with Gasteiger partial charge < -0.3 is 14.6 Å². The Hall–Kier alpha value is -4.59. The molecule has 8 heteroatoms. The molecule has 1 N–H and O–H groups in total. The summed E-state index contributed by atoms with van der Waals surface area (Å²) >= 11 is 0. The zero-order valence-corrected chi connectivity index (χ0v) is 20.6. The summed E-state index contributed by atoms with van der Waals surface area (Å²) in [6.45, 7) is 1.78. The van der Waals surface area contributed by atoms with E-state index in [1.165, 1.54) is 0 Å². The zero-order valence-electron chi connectivity index (χ0n) is 20.6. The van der Waals surface area contributed by atoms with E-state index < -0.39 is 0 Å². The van der Waals surface area contributed by atoms with Gasteiger partial charge in [-0.05, 0) is 41.8 Å². The van der Waals surface area contributed by atoms with Gasteiger partial charge in [0.25, 0.3) is 11.5 Å². The first-order chi connectivity index (χ1) is 18.1. The second-order valence-electron chi connectivity index (χ2n) is 9.26. The summed E-state index contributed by atoms with van der Waals surface area (Å²) in [5.74, 6) is 0.932. The maximum atomic E-state index is 13.6. The lowest BCUT2D eigenvalue weighted by Gasteiger charge is -2.27. The third-order valence-electron chi connectivity index (χ3n) is 6.96. The van der Waals surface area contributed by atoms with E-state index >= 15 is 0 Å². The van der Waals surface area contributed by atoms with E-state index in [-0.39, 0.29) is 11.5 Å². The van der Waals surface area contributed by atoms with Gasteiger partial charge >= 0.3 is 0 Å². The molecule has 0 fully saturated rings. The lowest BCUT2D eigenvalue weighted by Crippen LogP contribution is -2.38. The number of carbonyl (C=O) groups excluding carboxylic acids is 1. The molecule has 1 aliphatic heterocycles. The SMILES string of the molecule is COc1ccc(Cn2c3c(c(=O)n2Cc2ccccc2)CCN(C(=O)c2nc4ccccc4[nH]2)C3)cc1. The first-order valence-corrected chi connectivity index (χ1v) is 12.3. The van der Waals surface area contributed by atoms with Crippen molar-refractivity contribution in [2.45, 2.75) is 26.1 Å². The number of hydrogen-bond donors (Lipinski definition) is 1. The van der Waals surface area contributed by atoms with Gasteiger partial charge in [-0.15, -0.1) is 0 Å². The minimum atomic E-state index is -0.166. The van der Waals surface area contributed by atoms with Gasteiger partial charge in [0.2, 0.25) is 0 Å². The van der Waals surface area contributed by atoms with Gasteiger partial charge in [-0.2, -0.15) is 0 Å². The summed E-state index contributed by atoms with van der Waals surface area (Å²) in [7, 11) is 1.64. The molecule has 0 saturated carbocycles. The molecular weight excluding hydrogens is 466 g/mol. The Balaban J connectivity index is 1.37. The number of para-hydroxylation sites is 2. The molecule has 5 aromatic rings. The third-order valence-corrected chi connectivity index (χ3v) is 6.96. The highest BCUT2D eigenvalue weighted by molar-refractivity contribution is 5.94. The van der Waals surface area contributed by atoms with Gasteiger partial charge in [-0.1, -0.05) is 54.6 Å². The molecule has 186 valence electrons. The van der Waals surface area contributed by atoms with Crippen molar-refractivity contribution in [3.8, 4) is 5.75 Å². The molecule has 3 heterocycles. The number of amides is 1. The molecule has 3 aromatic carbocycles. The van der Waals surface area contributed by atoms with Gasteiger partial charge in [-0.25, -0.2) is 9.67 Å². The summed E-state index contributed by atoms with van der Waals surface area (Å²) in [6.07, 6.45) is 0.505. The maximum absolute atomic E-state index is 13.6. The summed E-state index contributed by atoms with van der Waals surface area (Å²) < 4.78 is 9.14. The maximum Gasteiger partial charge on any atom is 0.290 e. The fourth-order valence-corrected chi connectivity index (χ4v) is 5.00. The predicted molar refractivity (Wildman–Crippen MR) is 141 cm³/mol. The molecule has 0 radical (unpaired) electrons. The van der Waals surface area contributed by atoms with Crippen molar-refractivity contribution in [1.29, 1.82) is 0 Å². The fraction of sp³-hybridized carbons (Fsp3) is 0.207. The van der Waals surface area contributed by atoms with Crippen LogP contribution < -0.4 is 10.3 Å². The van der Waals surface area contributed by atoms with Crippen LogP contribution in [0.25, 0.3) is 11.0 Å². The number of benzene rings is 3. The highest BCUT2D eigenvalue weighted by Crippen LogP contribution is 2.22. The van der Waals surface area contributed by atoms with Crippen LogP contribution in [0.2, 0.25) is 0 Å². The van der Waals surface area contributed by atoms with E-state index in [0.29, 0.717) is 38.4 Å². The number of hydrogen-bond acceptors (Lipinski definition) is 4. The largest absolute Gasteiger partial charge is 0.497 e. The lowest BCUT2D eigenvalue weighted by atomic mass is 10.1. The summed E-state index contributed by atoms with van der Waals surface area (Å²) in [5.41, 5.74) is 5.32. The third kappa shape index (κ3) is 4.31. The van der Waals surface area contributed by atoms with Crippen molar-refractivity contribution in [3.05, 3.63) is 117 Å². The van der Waals surface area contributed by atoms with E-state index in [9.17, 15) is 9.59 Å². The quantitative estimate of drug-likeness (QED) is 0.390. The summed E-state index contributed by atoms with van der Waals surface area (Å²) in [5, 5.41) is 0. The highest BCUT2D eigenvalue weighted by Gasteiger charge is 2.30. The number of imidazole rings is 1. The molecule has 8 nitrogen and oxygen atoms in total. The fourth-order valence-electron chi connectivity index (χ4n) is 5.00. The number of nitrogens with zero attached hydrogens (tertiary/aromatic N) is 4. The Labute approximate surface area is 213 Å². The molecule has 0 bridgehead atoms. The molecule has 0 unspecified atom stereocenters. The van der Waals surface area contributed by atoms with E-state index in [1.54, 1.807) is 16.7 Å². The smallest absolute Gasteiger partial charge is 0.290 e. The Morgan fingerprint density at radius 3 is 2.38 bits per heavy atom. The van der Waals surface area contributed by atoms with Crippen LogP contribution in [-0.4, -0.2) is 43.8 Å². The van der Waals surface area contributed by atoms with Gasteiger partial charge in [0.05, 0.1) is 43.5 Å². The Kier molecular flexibility index (Phi) is 5.84. The molecule has 37 heavy (non-hydrogen) atoms. The molecule has 0 atom stereocenters. The van der Waals surface area contributed by atoms with Crippen LogP contribution in [-0.2, 0) is 26.1 Å². The average molecular weight is 494 g/mol. The summed E-state index contributed by atoms with van der Waals surface area (Å²) in [6, 6.07) is 25.4. The topological polar surface area (TPSA) is 85.2 Å². The lowest BCUT2D eigenvalue weighted by molar-refractivity contribution is 0.0718. The summed E-state index contributed by atoms with van der Waals surface area (Å²) in [4.78, 5) is 36.4.